The molecule has 0 amide bonds. The summed E-state index contributed by atoms with van der Waals surface area (Å²) in [6.07, 6.45) is 1.56. The molecular formula is C40H60FeP2Si2. The fourth-order valence-corrected chi connectivity index (χ4v) is 174. The molecule has 2 aromatic carbocycles. The molecule has 6 atom stereocenters. The summed E-state index contributed by atoms with van der Waals surface area (Å²) in [5.74, 6) is 0. The summed E-state index contributed by atoms with van der Waals surface area (Å²) >= 11 is 0. The molecule has 45 heavy (non-hydrogen) atoms. The Morgan fingerprint density at radius 2 is 1.09 bits per heavy atom. The van der Waals surface area contributed by atoms with Crippen molar-refractivity contribution in [2.75, 3.05) is 6.16 Å². The molecule has 0 saturated carbocycles. The van der Waals surface area contributed by atoms with Crippen LogP contribution in [0.4, 0.5) is 0 Å². The third kappa shape index (κ3) is 0.703. The van der Waals surface area contributed by atoms with Gasteiger partial charge >= 0.3 is 272 Å². The van der Waals surface area contributed by atoms with E-state index in [2.05, 4.69) is 152 Å². The third-order valence-electron chi connectivity index (χ3n) is 23.7. The molecule has 5 heteroatoms. The number of benzene rings is 2. The maximum atomic E-state index is 3.95. The predicted octanol–water partition coefficient (Wildman–Crippen LogP) is 12.1. The van der Waals surface area contributed by atoms with E-state index in [4.69, 9.17) is 0 Å². The summed E-state index contributed by atoms with van der Waals surface area (Å²) in [6.45, 7) is 34.5. The van der Waals surface area contributed by atoms with Crippen molar-refractivity contribution in [1.82, 2.24) is 0 Å². The number of hydrogen-bond acceptors (Lipinski definition) is 0. The second kappa shape index (κ2) is 4.15. The van der Waals surface area contributed by atoms with Crippen molar-refractivity contribution in [3.05, 3.63) is 59.7 Å². The molecule has 0 aliphatic carbocycles. The number of rotatable bonds is 7. The average Bonchev–Trinajstić information content (AvgIpc) is 3.84. The van der Waals surface area contributed by atoms with E-state index in [-0.39, 0.29) is 16.0 Å². The first kappa shape index (κ1) is 28.0. The molecule has 10 saturated heterocycles. The van der Waals surface area contributed by atoms with E-state index >= 15 is 0 Å². The van der Waals surface area contributed by atoms with Gasteiger partial charge in [0.25, 0.3) is 0 Å². The molecule has 2 aromatic rings. The van der Waals surface area contributed by atoms with Crippen LogP contribution in [0.25, 0.3) is 0 Å². The third-order valence-corrected chi connectivity index (χ3v) is 92.2. The Labute approximate surface area is 270 Å². The van der Waals surface area contributed by atoms with Crippen LogP contribution in [0.15, 0.2) is 48.5 Å². The summed E-state index contributed by atoms with van der Waals surface area (Å²) < 4.78 is 3.10. The first-order valence-corrected chi connectivity index (χ1v) is 33.4. The van der Waals surface area contributed by atoms with Crippen molar-refractivity contribution in [3.63, 3.8) is 0 Å². The van der Waals surface area contributed by atoms with Gasteiger partial charge in [0, 0.05) is 0 Å². The van der Waals surface area contributed by atoms with Gasteiger partial charge in [0.1, 0.15) is 0 Å². The minimum absolute atomic E-state index is 0.266. The normalized spacial score (nSPS) is 59.5. The van der Waals surface area contributed by atoms with Gasteiger partial charge in [-0.25, -0.2) is 0 Å². The van der Waals surface area contributed by atoms with E-state index in [1.54, 1.807) is 27.9 Å². The molecule has 1 spiro atoms. The maximum absolute atomic E-state index is 4.41. The van der Waals surface area contributed by atoms with Crippen LogP contribution in [0.1, 0.15) is 52.7 Å². The van der Waals surface area contributed by atoms with Crippen LogP contribution >= 0.6 is 17.2 Å². The van der Waals surface area contributed by atoms with Gasteiger partial charge in [-0.05, 0) is 0 Å². The Balaban J connectivity index is 1.26. The number of aryl methyl sites for hydroxylation is 2. The zero-order valence-corrected chi connectivity index (χ0v) is 35.8. The molecule has 0 nitrogen and oxygen atoms in total. The van der Waals surface area contributed by atoms with Crippen LogP contribution in [-0.2, 0) is 6.51 Å². The van der Waals surface area contributed by atoms with Gasteiger partial charge in [-0.1, -0.05) is 0 Å². The van der Waals surface area contributed by atoms with Crippen molar-refractivity contribution in [1.29, 1.82) is 0 Å². The Bertz CT molecular complexity index is 2180. The zero-order chi connectivity index (χ0) is 32.5. The summed E-state index contributed by atoms with van der Waals surface area (Å²) in [5, 5.41) is 3.73. The quantitative estimate of drug-likeness (QED) is 0.198. The van der Waals surface area contributed by atoms with Gasteiger partial charge in [-0.3, -0.25) is 0 Å². The molecular weight excluding hydrogens is 654 g/mol. The van der Waals surface area contributed by atoms with Crippen molar-refractivity contribution >= 4 is 43.9 Å². The van der Waals surface area contributed by atoms with Crippen LogP contribution in [-0.4, -0.2) is 27.5 Å². The van der Waals surface area contributed by atoms with Crippen molar-refractivity contribution < 1.29 is 6.51 Å². The van der Waals surface area contributed by atoms with Gasteiger partial charge in [0.05, 0.1) is 0 Å². The van der Waals surface area contributed by atoms with Crippen LogP contribution in [0, 0.1) is 24.7 Å². The molecule has 10 heterocycles. The van der Waals surface area contributed by atoms with Gasteiger partial charge in [0.2, 0.25) is 0 Å². The molecule has 246 valence electrons. The van der Waals surface area contributed by atoms with E-state index in [0.717, 1.165) is 12.2 Å². The molecule has 0 N–H and O–H groups in total. The fourth-order valence-electron chi connectivity index (χ4n) is 28.3. The Morgan fingerprint density at radius 3 is 1.40 bits per heavy atom. The Morgan fingerprint density at radius 1 is 0.689 bits per heavy atom. The summed E-state index contributed by atoms with van der Waals surface area (Å²) in [4.78, 5) is 7.59. The van der Waals surface area contributed by atoms with E-state index in [0.29, 0.717) is 4.31 Å². The van der Waals surface area contributed by atoms with Gasteiger partial charge in [0.15, 0.2) is 0 Å². The van der Waals surface area contributed by atoms with Crippen LogP contribution in [0.3, 0.4) is 0 Å². The molecule has 0 aromatic heterocycles. The molecule has 0 radical (unpaired) electrons. The monoisotopic (exact) mass is 714 g/mol. The minimum atomic E-state index is -4.41. The summed E-state index contributed by atoms with van der Waals surface area (Å²) in [5.41, 5.74) is 3.64. The topological polar surface area (TPSA) is 0 Å². The van der Waals surface area contributed by atoms with Crippen molar-refractivity contribution in [3.8, 4) is 0 Å². The SMILES string of the molecule is Cc1ccccc1P(C[C]12[CH]3[C]4([Si](C)(C)C)[C]5([Si](C)(C)C)[C]1(C(P)(C(C)(C)C)C(C)(C)C)[Fe]32451678[CH]2[CH]1[CH]6[CH]7[CH]28)c1ccccc1C. The van der Waals surface area contributed by atoms with Crippen LogP contribution < -0.4 is 10.6 Å². The Kier molecular flexibility index (Phi) is 2.58. The second-order valence-electron chi connectivity index (χ2n) is 24.0. The van der Waals surface area contributed by atoms with Crippen molar-refractivity contribution in [2.24, 2.45) is 10.8 Å². The first-order valence-electron chi connectivity index (χ1n) is 18.2. The molecule has 6 unspecified atom stereocenters. The van der Waals surface area contributed by atoms with Crippen molar-refractivity contribution in [2.45, 2.75) is 145 Å². The predicted molar refractivity (Wildman–Crippen MR) is 205 cm³/mol. The van der Waals surface area contributed by atoms with E-state index in [9.17, 15) is 0 Å². The molecule has 10 aliphatic rings. The number of fused-ring (bicyclic) bond motifs is 10. The van der Waals surface area contributed by atoms with E-state index in [1.165, 1.54) is 28.9 Å². The van der Waals surface area contributed by atoms with E-state index < -0.39 is 30.6 Å². The zero-order valence-electron chi connectivity index (χ0n) is 30.7. The average molecular weight is 715 g/mol. The summed E-state index contributed by atoms with van der Waals surface area (Å²) in [7, 11) is 0.498. The standard InChI is InChI=1S/C35H55P2Si2.C5H5.Fe/c1-25-19-15-17-21-28(25)37(29-22-18-16-20-26(29)2)24-27-23-30(38(9,10)11)32(39(12,13)14)31(27)35(36,33(3,4)5)34(6,7)8;1-2-4-5-3-1;/h15-23H,24,36H2,1-14H3;1-5H;. The molecule has 10 fully saturated rings. The second-order valence-corrected chi connectivity index (χ2v) is 61.2. The fraction of sp³-hybridized carbons (Fsp3) is 0.700. The molecule has 0 bridgehead atoms. The first-order chi connectivity index (χ1) is 20.4. The van der Waals surface area contributed by atoms with Gasteiger partial charge in [-0.2, -0.15) is 0 Å². The summed E-state index contributed by atoms with van der Waals surface area (Å²) in [6, 6.07) is 19.4. The van der Waals surface area contributed by atoms with E-state index in [1.807, 2.05) is 0 Å². The van der Waals surface area contributed by atoms with Gasteiger partial charge < -0.3 is 0 Å². The van der Waals surface area contributed by atoms with Crippen LogP contribution in [0.2, 0.25) is 84.7 Å². The van der Waals surface area contributed by atoms with Crippen LogP contribution in [0.5, 0.6) is 0 Å². The Hall–Kier alpha value is 0.253. The van der Waals surface area contributed by atoms with Gasteiger partial charge in [-0.15, -0.1) is 0 Å². The molecule has 10 aliphatic heterocycles. The number of hydrogen-bond donors (Lipinski definition) is 0. The molecule has 12 rings (SSSR count).